The Hall–Kier alpha value is -1.48. The van der Waals surface area contributed by atoms with E-state index in [0.29, 0.717) is 59.2 Å². The maximum absolute atomic E-state index is 4.15. The summed E-state index contributed by atoms with van der Waals surface area (Å²) in [4.78, 5) is 0. The highest BCUT2D eigenvalue weighted by atomic mass is 14.3. The normalized spacial score (nSPS) is 12.8. The summed E-state index contributed by atoms with van der Waals surface area (Å²) >= 11 is 0. The van der Waals surface area contributed by atoms with Gasteiger partial charge in [-0.2, -0.15) is 0 Å². The van der Waals surface area contributed by atoms with E-state index in [1.807, 2.05) is 0 Å². The standard InChI is InChI=1S/2C11H22.2C10H20.C8H14/c2*1-8(2)10(5)11(6,7)9(3)4;2*1-7(2)9(5)10(6)8(3)4;1-7(2)5-6-8(3)4/h2*8-9H,5H2,1-4,6-7H3;2*7-8H,1-6H3;7-8H,1-4H3/b;;10-9+;10-9-;. The predicted octanol–water partition coefficient (Wildman–Crippen LogP) is 17.3. The minimum atomic E-state index is 0.286. The minimum Gasteiger partial charge on any atom is -0.100 e. The first kappa shape index (κ1) is 57.8. The summed E-state index contributed by atoms with van der Waals surface area (Å²) in [6, 6.07) is 0. The summed E-state index contributed by atoms with van der Waals surface area (Å²) in [5, 5.41) is 0. The van der Waals surface area contributed by atoms with Crippen LogP contribution in [0.3, 0.4) is 0 Å². The maximum Gasteiger partial charge on any atom is 0.0146 e. The third-order valence-electron chi connectivity index (χ3n) is 11.3. The van der Waals surface area contributed by atoms with E-state index in [-0.39, 0.29) is 10.8 Å². The van der Waals surface area contributed by atoms with Gasteiger partial charge in [0.05, 0.1) is 0 Å². The summed E-state index contributed by atoms with van der Waals surface area (Å²) in [6.07, 6.45) is 0. The topological polar surface area (TPSA) is 0 Å². The number of hydrogen-bond acceptors (Lipinski definition) is 0. The number of rotatable bonds is 10. The summed E-state index contributed by atoms with van der Waals surface area (Å²) in [5.74, 6) is 12.6. The molecule has 0 aromatic heterocycles. The van der Waals surface area contributed by atoms with Crippen LogP contribution >= 0.6 is 0 Å². The molecule has 0 heterocycles. The Balaban J connectivity index is -0.000000169. The SMILES string of the molecule is C/C(=C(/C)C(C)C)C(C)C.C/C(=C(\C)C(C)C)C(C)C.C=C(C(C)C)C(C)(C)C(C)C.C=C(C(C)C)C(C)(C)C(C)C.CC(C)C#CC(C)C. The van der Waals surface area contributed by atoms with Crippen LogP contribution in [0.2, 0.25) is 0 Å². The van der Waals surface area contributed by atoms with E-state index in [2.05, 4.69) is 219 Å². The molecular formula is C50H98. The van der Waals surface area contributed by atoms with Crippen LogP contribution in [-0.4, -0.2) is 0 Å². The fourth-order valence-electron chi connectivity index (χ4n) is 4.38. The molecule has 0 aromatic rings. The molecule has 0 N–H and O–H groups in total. The van der Waals surface area contributed by atoms with Gasteiger partial charge < -0.3 is 0 Å². The average Bonchev–Trinajstić information content (AvgIpc) is 2.98. The predicted molar refractivity (Wildman–Crippen MR) is 239 cm³/mol. The van der Waals surface area contributed by atoms with Crippen molar-refractivity contribution in [3.63, 3.8) is 0 Å². The molecule has 0 saturated heterocycles. The van der Waals surface area contributed by atoms with Crippen LogP contribution in [0.5, 0.6) is 0 Å². The number of allylic oxidation sites excluding steroid dienone is 6. The van der Waals surface area contributed by atoms with E-state index >= 15 is 0 Å². The summed E-state index contributed by atoms with van der Waals surface area (Å²) in [6.45, 7) is 70.7. The van der Waals surface area contributed by atoms with E-state index in [1.165, 1.54) is 11.1 Å². The van der Waals surface area contributed by atoms with Crippen LogP contribution in [0.4, 0.5) is 0 Å². The van der Waals surface area contributed by atoms with Crippen LogP contribution in [-0.2, 0) is 0 Å². The van der Waals surface area contributed by atoms with Gasteiger partial charge in [-0.1, -0.05) is 213 Å². The summed E-state index contributed by atoms with van der Waals surface area (Å²) in [7, 11) is 0. The fraction of sp³-hybridized carbons (Fsp3) is 0.800. The van der Waals surface area contributed by atoms with Gasteiger partial charge in [-0.25, -0.2) is 0 Å². The molecule has 0 aromatic carbocycles. The molecule has 0 amide bonds. The molecule has 0 saturated carbocycles. The molecule has 0 aliphatic carbocycles. The smallest absolute Gasteiger partial charge is 0.0146 e. The Morgan fingerprint density at radius 2 is 0.500 bits per heavy atom. The van der Waals surface area contributed by atoms with Gasteiger partial charge >= 0.3 is 0 Å². The minimum absolute atomic E-state index is 0.286. The van der Waals surface area contributed by atoms with Crippen molar-refractivity contribution in [2.24, 2.45) is 70.0 Å². The maximum atomic E-state index is 4.15. The van der Waals surface area contributed by atoms with Gasteiger partial charge in [0.25, 0.3) is 0 Å². The van der Waals surface area contributed by atoms with Gasteiger partial charge in [-0.3, -0.25) is 0 Å². The quantitative estimate of drug-likeness (QED) is 0.157. The molecule has 0 unspecified atom stereocenters. The highest BCUT2D eigenvalue weighted by molar-refractivity contribution is 5.14. The number of hydrogen-bond donors (Lipinski definition) is 0. The van der Waals surface area contributed by atoms with Crippen LogP contribution in [0.15, 0.2) is 46.6 Å². The molecule has 0 radical (unpaired) electrons. The van der Waals surface area contributed by atoms with Crippen molar-refractivity contribution in [1.82, 2.24) is 0 Å². The molecule has 0 bridgehead atoms. The Labute approximate surface area is 321 Å². The van der Waals surface area contributed by atoms with Crippen molar-refractivity contribution >= 4 is 0 Å². The molecule has 0 atom stereocenters. The molecular weight excluding hydrogens is 601 g/mol. The third-order valence-corrected chi connectivity index (χ3v) is 11.3. The largest absolute Gasteiger partial charge is 0.100 e. The second-order valence-corrected chi connectivity index (χ2v) is 19.1. The Morgan fingerprint density at radius 1 is 0.340 bits per heavy atom. The second kappa shape index (κ2) is 28.1. The van der Waals surface area contributed by atoms with Crippen LogP contribution in [0.25, 0.3) is 0 Å². The van der Waals surface area contributed by atoms with Gasteiger partial charge in [0.15, 0.2) is 0 Å². The van der Waals surface area contributed by atoms with E-state index in [0.717, 1.165) is 0 Å². The molecule has 0 spiro atoms. The van der Waals surface area contributed by atoms with Crippen LogP contribution < -0.4 is 0 Å². The zero-order chi connectivity index (χ0) is 41.7. The molecule has 0 aliphatic rings. The van der Waals surface area contributed by atoms with Crippen molar-refractivity contribution in [2.75, 3.05) is 0 Å². The van der Waals surface area contributed by atoms with Crippen molar-refractivity contribution in [3.8, 4) is 11.8 Å². The van der Waals surface area contributed by atoms with Crippen molar-refractivity contribution in [2.45, 2.75) is 194 Å². The highest BCUT2D eigenvalue weighted by Gasteiger charge is 2.27. The van der Waals surface area contributed by atoms with Gasteiger partial charge in [0.1, 0.15) is 0 Å². The molecule has 50 heavy (non-hydrogen) atoms. The molecule has 0 heteroatoms. The molecule has 0 aliphatic heterocycles. The summed E-state index contributed by atoms with van der Waals surface area (Å²) in [5.41, 5.74) is 9.51. The Morgan fingerprint density at radius 3 is 0.560 bits per heavy atom. The zero-order valence-electron chi connectivity index (χ0n) is 40.2. The van der Waals surface area contributed by atoms with E-state index < -0.39 is 0 Å². The monoisotopic (exact) mass is 699 g/mol. The lowest BCUT2D eigenvalue weighted by atomic mass is 9.72. The average molecular weight is 699 g/mol. The van der Waals surface area contributed by atoms with E-state index in [1.54, 1.807) is 22.3 Å². The van der Waals surface area contributed by atoms with Crippen LogP contribution in [0, 0.1) is 81.8 Å². The molecule has 298 valence electrons. The zero-order valence-corrected chi connectivity index (χ0v) is 40.2. The van der Waals surface area contributed by atoms with Crippen molar-refractivity contribution in [3.05, 3.63) is 46.6 Å². The first-order valence-corrected chi connectivity index (χ1v) is 20.4. The Bertz CT molecular complexity index is 909. The Kier molecular flexibility index (Phi) is 32.5. The molecule has 0 nitrogen and oxygen atoms in total. The summed E-state index contributed by atoms with van der Waals surface area (Å²) < 4.78 is 0. The first-order valence-electron chi connectivity index (χ1n) is 20.4. The van der Waals surface area contributed by atoms with Crippen molar-refractivity contribution < 1.29 is 0 Å². The first-order chi connectivity index (χ1) is 22.1. The van der Waals surface area contributed by atoms with E-state index in [4.69, 9.17) is 0 Å². The third kappa shape index (κ3) is 27.2. The second-order valence-electron chi connectivity index (χ2n) is 19.1. The van der Waals surface area contributed by atoms with Crippen LogP contribution in [0.1, 0.15) is 194 Å². The lowest BCUT2D eigenvalue weighted by Crippen LogP contribution is -2.24. The van der Waals surface area contributed by atoms with Gasteiger partial charge in [0.2, 0.25) is 0 Å². The van der Waals surface area contributed by atoms with Gasteiger partial charge in [-0.15, -0.1) is 11.8 Å². The molecule has 0 fully saturated rings. The van der Waals surface area contributed by atoms with Gasteiger partial charge in [-0.05, 0) is 85.9 Å². The lowest BCUT2D eigenvalue weighted by molar-refractivity contribution is 0.288. The van der Waals surface area contributed by atoms with Crippen molar-refractivity contribution in [1.29, 1.82) is 0 Å². The van der Waals surface area contributed by atoms with E-state index in [9.17, 15) is 0 Å². The highest BCUT2D eigenvalue weighted by Crippen LogP contribution is 2.38. The fourth-order valence-corrected chi connectivity index (χ4v) is 4.38. The molecule has 0 rings (SSSR count). The lowest BCUT2D eigenvalue weighted by Gasteiger charge is -2.34. The van der Waals surface area contributed by atoms with Gasteiger partial charge in [0, 0.05) is 11.8 Å².